The summed E-state index contributed by atoms with van der Waals surface area (Å²) in [7, 11) is 6.64. The van der Waals surface area contributed by atoms with Crippen molar-refractivity contribution in [3.63, 3.8) is 0 Å². The van der Waals surface area contributed by atoms with Crippen LogP contribution in [0, 0.1) is 6.92 Å². The van der Waals surface area contributed by atoms with Crippen molar-refractivity contribution in [3.05, 3.63) is 45.6 Å². The summed E-state index contributed by atoms with van der Waals surface area (Å²) >= 11 is 1.65. The molecule has 0 bridgehead atoms. The molecular weight excluding hydrogens is 426 g/mol. The summed E-state index contributed by atoms with van der Waals surface area (Å²) in [6.07, 6.45) is 1.47. The average molecular weight is 462 g/mol. The second-order valence-corrected chi connectivity index (χ2v) is 8.88. The van der Waals surface area contributed by atoms with Crippen LogP contribution in [0.25, 0.3) is 0 Å². The van der Waals surface area contributed by atoms with Gasteiger partial charge in [0, 0.05) is 32.1 Å². The smallest absolute Gasteiger partial charge is 0.319 e. The van der Waals surface area contributed by atoms with E-state index in [4.69, 9.17) is 9.47 Å². The maximum Gasteiger partial charge on any atom is 0.319 e. The third kappa shape index (κ3) is 6.88. The van der Waals surface area contributed by atoms with Gasteiger partial charge >= 0.3 is 6.03 Å². The van der Waals surface area contributed by atoms with Gasteiger partial charge in [-0.05, 0) is 54.5 Å². The molecule has 8 heteroatoms. The number of nitrogens with zero attached hydrogens (tertiary/aromatic N) is 3. The lowest BCUT2D eigenvalue weighted by molar-refractivity contribution is -0.132. The van der Waals surface area contributed by atoms with Gasteiger partial charge in [0.25, 0.3) is 0 Å². The van der Waals surface area contributed by atoms with E-state index in [1.165, 1.54) is 10.5 Å². The number of thiophene rings is 1. The lowest BCUT2D eigenvalue weighted by Gasteiger charge is -2.29. The number of carbonyl (C=O) groups is 2. The van der Waals surface area contributed by atoms with Crippen LogP contribution in [-0.2, 0) is 17.8 Å². The summed E-state index contributed by atoms with van der Waals surface area (Å²) in [5.41, 5.74) is 2.23. The molecule has 0 fully saturated rings. The van der Waals surface area contributed by atoms with Gasteiger partial charge < -0.3 is 24.2 Å². The van der Waals surface area contributed by atoms with Crippen LogP contribution in [0.2, 0.25) is 0 Å². The highest BCUT2D eigenvalue weighted by Gasteiger charge is 2.23. The van der Waals surface area contributed by atoms with Crippen LogP contribution in [0.4, 0.5) is 4.79 Å². The number of ether oxygens (including phenoxy) is 2. The van der Waals surface area contributed by atoms with Gasteiger partial charge in [0.1, 0.15) is 6.54 Å². The Hall–Kier alpha value is -2.74. The van der Waals surface area contributed by atoms with E-state index in [9.17, 15) is 9.59 Å². The second kappa shape index (κ2) is 12.3. The predicted octanol–water partition coefficient (Wildman–Crippen LogP) is 4.04. The first-order chi connectivity index (χ1) is 15.3. The van der Waals surface area contributed by atoms with Gasteiger partial charge in [-0.3, -0.25) is 4.79 Å². The number of hydrogen-bond acceptors (Lipinski definition) is 5. The number of hydrogen-bond donors (Lipinski definition) is 0. The zero-order chi connectivity index (χ0) is 23.7. The Kier molecular flexibility index (Phi) is 9.84. The standard InChI is InChI=1S/C24H35N3O4S/c1-7-12-27(24(29)25(3)4)17-23(28)26(16-22-18(2)11-14-32-22)13-10-19-8-9-20(30-5)21(15-19)31-6/h8-9,11,14-15H,7,10,12-13,16-17H2,1-6H3. The Labute approximate surface area is 195 Å². The fourth-order valence-electron chi connectivity index (χ4n) is 3.39. The highest BCUT2D eigenvalue weighted by Crippen LogP contribution is 2.28. The number of rotatable bonds is 11. The number of aryl methyl sites for hydroxylation is 1. The Morgan fingerprint density at radius 3 is 2.28 bits per heavy atom. The number of benzene rings is 1. The van der Waals surface area contributed by atoms with Crippen molar-refractivity contribution in [3.8, 4) is 11.5 Å². The lowest BCUT2D eigenvalue weighted by Crippen LogP contribution is -2.46. The molecule has 0 N–H and O–H groups in total. The van der Waals surface area contributed by atoms with Crippen molar-refractivity contribution >= 4 is 23.3 Å². The molecule has 1 aromatic carbocycles. The van der Waals surface area contributed by atoms with Crippen molar-refractivity contribution in [1.82, 2.24) is 14.7 Å². The number of methoxy groups -OCH3 is 2. The largest absolute Gasteiger partial charge is 0.493 e. The molecule has 0 spiro atoms. The summed E-state index contributed by atoms with van der Waals surface area (Å²) in [5.74, 6) is 1.29. The molecule has 2 rings (SSSR count). The van der Waals surface area contributed by atoms with Crippen molar-refractivity contribution < 1.29 is 19.1 Å². The van der Waals surface area contributed by atoms with E-state index in [-0.39, 0.29) is 18.5 Å². The Morgan fingerprint density at radius 1 is 1.00 bits per heavy atom. The van der Waals surface area contributed by atoms with Crippen molar-refractivity contribution in [2.75, 3.05) is 47.9 Å². The van der Waals surface area contributed by atoms with Gasteiger partial charge in [0.05, 0.1) is 20.8 Å². The normalized spacial score (nSPS) is 10.6. The van der Waals surface area contributed by atoms with Crippen LogP contribution in [0.1, 0.15) is 29.3 Å². The molecule has 0 radical (unpaired) electrons. The van der Waals surface area contributed by atoms with E-state index >= 15 is 0 Å². The maximum atomic E-state index is 13.3. The van der Waals surface area contributed by atoms with E-state index in [0.29, 0.717) is 37.6 Å². The second-order valence-electron chi connectivity index (χ2n) is 7.88. The summed E-state index contributed by atoms with van der Waals surface area (Å²) < 4.78 is 10.7. The number of carbonyl (C=O) groups excluding carboxylic acids is 2. The molecule has 176 valence electrons. The fourth-order valence-corrected chi connectivity index (χ4v) is 4.31. The monoisotopic (exact) mass is 461 g/mol. The molecule has 1 heterocycles. The minimum Gasteiger partial charge on any atom is -0.493 e. The quantitative estimate of drug-likeness (QED) is 0.507. The first-order valence-corrected chi connectivity index (χ1v) is 11.7. The summed E-state index contributed by atoms with van der Waals surface area (Å²) in [5, 5.41) is 2.04. The number of urea groups is 1. The molecule has 3 amide bonds. The van der Waals surface area contributed by atoms with E-state index in [2.05, 4.69) is 13.0 Å². The average Bonchev–Trinajstić information content (AvgIpc) is 3.19. The molecule has 0 aliphatic heterocycles. The first-order valence-electron chi connectivity index (χ1n) is 10.8. The van der Waals surface area contributed by atoms with Crippen LogP contribution >= 0.6 is 11.3 Å². The predicted molar refractivity (Wildman–Crippen MR) is 129 cm³/mol. The third-order valence-electron chi connectivity index (χ3n) is 5.25. The van der Waals surface area contributed by atoms with Gasteiger partial charge in [-0.15, -0.1) is 11.3 Å². The summed E-state index contributed by atoms with van der Waals surface area (Å²) in [6.45, 7) is 5.76. The van der Waals surface area contributed by atoms with E-state index in [1.807, 2.05) is 35.4 Å². The molecule has 0 aliphatic rings. The molecule has 0 unspecified atom stereocenters. The fraction of sp³-hybridized carbons (Fsp3) is 0.500. The molecule has 0 atom stereocenters. The van der Waals surface area contributed by atoms with E-state index in [1.54, 1.807) is 44.6 Å². The molecule has 0 saturated heterocycles. The van der Waals surface area contributed by atoms with Gasteiger partial charge in [0.15, 0.2) is 11.5 Å². The molecule has 7 nitrogen and oxygen atoms in total. The van der Waals surface area contributed by atoms with Crippen LogP contribution in [0.15, 0.2) is 29.6 Å². The van der Waals surface area contributed by atoms with Crippen molar-refractivity contribution in [2.24, 2.45) is 0 Å². The van der Waals surface area contributed by atoms with Gasteiger partial charge in [-0.2, -0.15) is 0 Å². The zero-order valence-electron chi connectivity index (χ0n) is 20.0. The van der Waals surface area contributed by atoms with E-state index < -0.39 is 0 Å². The summed E-state index contributed by atoms with van der Waals surface area (Å²) in [4.78, 5) is 32.0. The molecule has 1 aromatic heterocycles. The summed E-state index contributed by atoms with van der Waals surface area (Å²) in [6, 6.07) is 7.72. The zero-order valence-corrected chi connectivity index (χ0v) is 20.8. The Morgan fingerprint density at radius 2 is 1.72 bits per heavy atom. The molecule has 0 aliphatic carbocycles. The third-order valence-corrected chi connectivity index (χ3v) is 6.25. The molecule has 32 heavy (non-hydrogen) atoms. The van der Waals surface area contributed by atoms with Gasteiger partial charge in [-0.25, -0.2) is 4.79 Å². The minimum atomic E-state index is -0.146. The van der Waals surface area contributed by atoms with E-state index in [0.717, 1.165) is 16.9 Å². The lowest BCUT2D eigenvalue weighted by atomic mass is 10.1. The van der Waals surface area contributed by atoms with Crippen LogP contribution in [0.3, 0.4) is 0 Å². The topological polar surface area (TPSA) is 62.3 Å². The molecular formula is C24H35N3O4S. The van der Waals surface area contributed by atoms with Crippen LogP contribution < -0.4 is 9.47 Å². The van der Waals surface area contributed by atoms with Crippen molar-refractivity contribution in [1.29, 1.82) is 0 Å². The first kappa shape index (κ1) is 25.5. The molecule has 0 saturated carbocycles. The van der Waals surface area contributed by atoms with Crippen LogP contribution in [0.5, 0.6) is 11.5 Å². The Bertz CT molecular complexity index is 897. The molecule has 2 aromatic rings. The van der Waals surface area contributed by atoms with Gasteiger partial charge in [-0.1, -0.05) is 13.0 Å². The van der Waals surface area contributed by atoms with Crippen LogP contribution in [-0.4, -0.2) is 74.6 Å². The number of amides is 3. The Balaban J connectivity index is 2.19. The SMILES string of the molecule is CCCN(CC(=O)N(CCc1ccc(OC)c(OC)c1)Cc1sccc1C)C(=O)N(C)C. The highest BCUT2D eigenvalue weighted by molar-refractivity contribution is 7.10. The van der Waals surface area contributed by atoms with Gasteiger partial charge in [0.2, 0.25) is 5.91 Å². The van der Waals surface area contributed by atoms with Crippen molar-refractivity contribution in [2.45, 2.75) is 33.2 Å². The highest BCUT2D eigenvalue weighted by atomic mass is 32.1. The maximum absolute atomic E-state index is 13.3. The minimum absolute atomic E-state index is 0.0538.